The number of hydrogen-bond acceptors (Lipinski definition) is 6. The molecule has 0 spiro atoms. The van der Waals surface area contributed by atoms with E-state index in [1.807, 2.05) is 18.2 Å². The van der Waals surface area contributed by atoms with Crippen LogP contribution in [0.4, 0.5) is 18.9 Å². The van der Waals surface area contributed by atoms with E-state index in [4.69, 9.17) is 19.6 Å². The summed E-state index contributed by atoms with van der Waals surface area (Å²) in [6.45, 7) is 4.24. The first-order valence-electron chi connectivity index (χ1n) is 11.6. The van der Waals surface area contributed by atoms with Crippen LogP contribution in [0, 0.1) is 0 Å². The predicted molar refractivity (Wildman–Crippen MR) is 126 cm³/mol. The number of ether oxygens (including phenoxy) is 1. The molecule has 1 aromatic carbocycles. The van der Waals surface area contributed by atoms with E-state index in [9.17, 15) is 13.2 Å². The van der Waals surface area contributed by atoms with Crippen molar-refractivity contribution >= 4 is 22.7 Å². The number of imidazole rings is 1. The van der Waals surface area contributed by atoms with Crippen LogP contribution >= 0.6 is 0 Å². The number of carboxylic acid groups (broad SMARTS) is 1. The number of carbonyl (C=O) groups is 1. The highest BCUT2D eigenvalue weighted by molar-refractivity contribution is 5.91. The number of fused-ring (bicyclic) bond motifs is 1. The van der Waals surface area contributed by atoms with Crippen molar-refractivity contribution < 1.29 is 27.8 Å². The molecule has 2 N–H and O–H groups in total. The van der Waals surface area contributed by atoms with Gasteiger partial charge in [-0.15, -0.1) is 0 Å². The predicted octanol–water partition coefficient (Wildman–Crippen LogP) is 4.09. The maximum atomic E-state index is 10.6. The molecular formula is C24H28F3N5O3. The molecule has 5 rings (SSSR count). The highest BCUT2D eigenvalue weighted by Gasteiger charge is 2.38. The number of pyridine rings is 1. The average Bonchev–Trinajstić information content (AvgIpc) is 3.61. The molecule has 1 atom stereocenters. The number of aromatic nitrogens is 3. The van der Waals surface area contributed by atoms with E-state index in [0.717, 1.165) is 43.2 Å². The third kappa shape index (κ3) is 5.67. The van der Waals surface area contributed by atoms with E-state index in [1.165, 1.54) is 36.9 Å². The molecule has 1 unspecified atom stereocenters. The van der Waals surface area contributed by atoms with Crippen LogP contribution in [0.2, 0.25) is 0 Å². The van der Waals surface area contributed by atoms with Gasteiger partial charge in [-0.3, -0.25) is 0 Å². The van der Waals surface area contributed by atoms with Crippen molar-refractivity contribution in [3.63, 3.8) is 0 Å². The first-order valence-corrected chi connectivity index (χ1v) is 11.6. The highest BCUT2D eigenvalue weighted by atomic mass is 19.4. The molecule has 2 saturated heterocycles. The molecule has 11 heteroatoms. The minimum absolute atomic E-state index is 0.484. The number of hydrogen-bond donors (Lipinski definition) is 2. The Morgan fingerprint density at radius 3 is 2.49 bits per heavy atom. The van der Waals surface area contributed by atoms with Gasteiger partial charge in [-0.05, 0) is 50.4 Å². The second-order valence-corrected chi connectivity index (χ2v) is 8.55. The van der Waals surface area contributed by atoms with Gasteiger partial charge in [0.15, 0.2) is 5.82 Å². The largest absolute Gasteiger partial charge is 0.490 e. The molecule has 35 heavy (non-hydrogen) atoms. The molecule has 2 aliphatic heterocycles. The summed E-state index contributed by atoms with van der Waals surface area (Å²) in [5, 5.41) is 10.8. The Kier molecular flexibility index (Phi) is 7.44. The molecule has 2 aromatic heterocycles. The second kappa shape index (κ2) is 10.5. The number of carboxylic acids is 1. The van der Waals surface area contributed by atoms with E-state index in [-0.39, 0.29) is 0 Å². The van der Waals surface area contributed by atoms with Gasteiger partial charge in [0.2, 0.25) is 5.88 Å². The van der Waals surface area contributed by atoms with Crippen LogP contribution in [0.25, 0.3) is 22.6 Å². The number of para-hydroxylation sites is 1. The number of nitrogens with zero attached hydrogens (tertiary/aromatic N) is 4. The summed E-state index contributed by atoms with van der Waals surface area (Å²) in [5.41, 5.74) is 4.39. The molecule has 0 radical (unpaired) electrons. The van der Waals surface area contributed by atoms with Crippen LogP contribution < -0.4 is 15.0 Å². The quantitative estimate of drug-likeness (QED) is 0.555. The van der Waals surface area contributed by atoms with Gasteiger partial charge in [0.25, 0.3) is 0 Å². The molecular weight excluding hydrogens is 463 g/mol. The topological polar surface area (TPSA) is 92.5 Å². The van der Waals surface area contributed by atoms with Crippen molar-refractivity contribution in [2.24, 2.45) is 0 Å². The number of halogens is 3. The molecule has 2 fully saturated rings. The fourth-order valence-corrected chi connectivity index (χ4v) is 4.51. The second-order valence-electron chi connectivity index (χ2n) is 8.55. The lowest BCUT2D eigenvalue weighted by Gasteiger charge is -2.18. The summed E-state index contributed by atoms with van der Waals surface area (Å²) >= 11 is 0. The monoisotopic (exact) mass is 491 g/mol. The van der Waals surface area contributed by atoms with Crippen LogP contribution in [0.15, 0.2) is 36.4 Å². The maximum absolute atomic E-state index is 10.6. The van der Waals surface area contributed by atoms with Crippen molar-refractivity contribution in [3.8, 4) is 17.4 Å². The molecule has 0 aliphatic carbocycles. The maximum Gasteiger partial charge on any atom is 0.490 e. The number of nitrogens with one attached hydrogen (secondary N) is 1. The van der Waals surface area contributed by atoms with Crippen molar-refractivity contribution in [2.75, 3.05) is 31.6 Å². The number of aliphatic carboxylic acids is 1. The molecule has 0 bridgehead atoms. The van der Waals surface area contributed by atoms with Crippen LogP contribution in [0.1, 0.15) is 25.7 Å². The van der Waals surface area contributed by atoms with Gasteiger partial charge in [-0.25, -0.2) is 14.8 Å². The van der Waals surface area contributed by atoms with Gasteiger partial charge in [0, 0.05) is 31.7 Å². The summed E-state index contributed by atoms with van der Waals surface area (Å²) in [6, 6.07) is 12.9. The van der Waals surface area contributed by atoms with E-state index in [2.05, 4.69) is 38.0 Å². The molecule has 8 nitrogen and oxygen atoms in total. The molecule has 3 aromatic rings. The Morgan fingerprint density at radius 2 is 1.86 bits per heavy atom. The van der Waals surface area contributed by atoms with Gasteiger partial charge >= 0.3 is 12.1 Å². The smallest absolute Gasteiger partial charge is 0.481 e. The van der Waals surface area contributed by atoms with Crippen molar-refractivity contribution in [3.05, 3.63) is 36.4 Å². The number of alkyl halides is 3. The zero-order valence-corrected chi connectivity index (χ0v) is 19.4. The fourth-order valence-electron chi connectivity index (χ4n) is 4.51. The van der Waals surface area contributed by atoms with E-state index in [1.54, 1.807) is 7.11 Å². The van der Waals surface area contributed by atoms with Gasteiger partial charge in [-0.2, -0.15) is 13.2 Å². The zero-order chi connectivity index (χ0) is 25.0. The SMILES string of the molecule is COc1cccc(-c2nc3c(N4CCCC4)cccc3n2CC2CCCN2)n1.O=C(O)C(F)(F)F. The lowest BCUT2D eigenvalue weighted by molar-refractivity contribution is -0.192. The lowest BCUT2D eigenvalue weighted by atomic mass is 10.2. The summed E-state index contributed by atoms with van der Waals surface area (Å²) in [4.78, 5) is 21.2. The first-order chi connectivity index (χ1) is 16.8. The van der Waals surface area contributed by atoms with Gasteiger partial charge < -0.3 is 24.6 Å². The normalized spacial score (nSPS) is 17.9. The van der Waals surface area contributed by atoms with E-state index in [0.29, 0.717) is 11.9 Å². The van der Waals surface area contributed by atoms with Crippen LogP contribution in [0.5, 0.6) is 5.88 Å². The molecule has 2 aliphatic rings. The Bertz CT molecular complexity index is 1170. The number of benzene rings is 1. The summed E-state index contributed by atoms with van der Waals surface area (Å²) < 4.78 is 39.4. The number of methoxy groups -OCH3 is 1. The number of anilines is 1. The zero-order valence-electron chi connectivity index (χ0n) is 19.4. The highest BCUT2D eigenvalue weighted by Crippen LogP contribution is 2.33. The van der Waals surface area contributed by atoms with Crippen molar-refractivity contribution in [1.82, 2.24) is 19.9 Å². The molecule has 0 amide bonds. The lowest BCUT2D eigenvalue weighted by Crippen LogP contribution is -2.27. The number of rotatable bonds is 5. The summed E-state index contributed by atoms with van der Waals surface area (Å²) in [5.74, 6) is -1.21. The fraction of sp³-hybridized carbons (Fsp3) is 0.458. The summed E-state index contributed by atoms with van der Waals surface area (Å²) in [6.07, 6.45) is -0.125. The van der Waals surface area contributed by atoms with Gasteiger partial charge in [0.05, 0.1) is 18.3 Å². The van der Waals surface area contributed by atoms with Crippen molar-refractivity contribution in [2.45, 2.75) is 44.4 Å². The average molecular weight is 492 g/mol. The van der Waals surface area contributed by atoms with E-state index < -0.39 is 12.1 Å². The third-order valence-electron chi connectivity index (χ3n) is 6.17. The van der Waals surface area contributed by atoms with Gasteiger partial charge in [0.1, 0.15) is 11.2 Å². The van der Waals surface area contributed by atoms with Crippen LogP contribution in [-0.2, 0) is 11.3 Å². The van der Waals surface area contributed by atoms with Crippen LogP contribution in [0.3, 0.4) is 0 Å². The van der Waals surface area contributed by atoms with E-state index >= 15 is 0 Å². The standard InChI is InChI=1S/C22H27N5O.C2HF3O2/c1-28-20-11-4-8-17(24-20)22-25-21-18(26-13-2-3-14-26)9-5-10-19(21)27(22)15-16-7-6-12-23-16;3-2(4,5)1(6)7/h4-5,8-11,16,23H,2-3,6-7,12-15H2,1H3;(H,6,7). The minimum Gasteiger partial charge on any atom is -0.481 e. The Balaban J connectivity index is 0.000000364. The Morgan fingerprint density at radius 1 is 1.14 bits per heavy atom. The first kappa shape index (κ1) is 24.8. The Hall–Kier alpha value is -3.34. The van der Waals surface area contributed by atoms with Crippen molar-refractivity contribution in [1.29, 1.82) is 0 Å². The Labute approximate surface area is 200 Å². The third-order valence-corrected chi connectivity index (χ3v) is 6.17. The minimum atomic E-state index is -5.08. The summed E-state index contributed by atoms with van der Waals surface area (Å²) in [7, 11) is 1.66. The molecule has 0 saturated carbocycles. The van der Waals surface area contributed by atoms with Gasteiger partial charge in [-0.1, -0.05) is 12.1 Å². The van der Waals surface area contributed by atoms with Crippen LogP contribution in [-0.4, -0.2) is 64.6 Å². The molecule has 4 heterocycles. The molecule has 188 valence electrons.